The highest BCUT2D eigenvalue weighted by Gasteiger charge is 2.42. The van der Waals surface area contributed by atoms with E-state index in [1.54, 1.807) is 0 Å². The number of carbonyl (C=O) groups excluding carboxylic acids is 5. The molecule has 186 valence electrons. The summed E-state index contributed by atoms with van der Waals surface area (Å²) >= 11 is 6.32. The van der Waals surface area contributed by atoms with Gasteiger partial charge in [0.05, 0.1) is 5.56 Å². The highest BCUT2D eigenvalue weighted by molar-refractivity contribution is 6.32. The number of benzene rings is 1. The van der Waals surface area contributed by atoms with Crippen LogP contribution >= 0.6 is 11.6 Å². The molecule has 2 saturated heterocycles. The van der Waals surface area contributed by atoms with E-state index in [4.69, 9.17) is 16.3 Å². The summed E-state index contributed by atoms with van der Waals surface area (Å²) in [6.45, 7) is 0.443. The molecule has 3 aliphatic heterocycles. The zero-order valence-corrected chi connectivity index (χ0v) is 19.5. The van der Waals surface area contributed by atoms with Crippen LogP contribution in [-0.2, 0) is 32.2 Å². The second-order valence-corrected chi connectivity index (χ2v) is 9.69. The van der Waals surface area contributed by atoms with Crippen molar-refractivity contribution in [3.63, 3.8) is 0 Å². The molecule has 5 rings (SSSR count). The van der Waals surface area contributed by atoms with Crippen molar-refractivity contribution < 1.29 is 33.1 Å². The van der Waals surface area contributed by atoms with E-state index in [9.17, 15) is 24.0 Å². The third-order valence-corrected chi connectivity index (χ3v) is 7.44. The molecule has 1 atom stereocenters. The third kappa shape index (κ3) is 4.33. The summed E-state index contributed by atoms with van der Waals surface area (Å²) < 4.78 is 20.6. The van der Waals surface area contributed by atoms with E-state index in [0.29, 0.717) is 19.3 Å². The van der Waals surface area contributed by atoms with Crippen LogP contribution in [-0.4, -0.2) is 64.3 Å². The summed E-state index contributed by atoms with van der Waals surface area (Å²) in [5.74, 6) is -2.39. The van der Waals surface area contributed by atoms with E-state index in [1.165, 1.54) is 11.0 Å². The number of imide groups is 1. The number of amides is 5. The van der Waals surface area contributed by atoms with Crippen molar-refractivity contribution in [2.45, 2.75) is 69.8 Å². The van der Waals surface area contributed by atoms with Crippen LogP contribution in [0.4, 0.5) is 9.18 Å². The molecular weight excluding hydrogens is 483 g/mol. The molecule has 1 aromatic rings. The first kappa shape index (κ1) is 23.5. The number of nitrogens with zero attached hydrogens (tertiary/aromatic N) is 2. The third-order valence-electron chi connectivity index (χ3n) is 7.10. The van der Waals surface area contributed by atoms with E-state index in [1.807, 2.05) is 4.90 Å². The van der Waals surface area contributed by atoms with Crippen molar-refractivity contribution >= 4 is 41.3 Å². The van der Waals surface area contributed by atoms with Crippen molar-refractivity contribution in [1.82, 2.24) is 20.4 Å². The van der Waals surface area contributed by atoms with Gasteiger partial charge < -0.3 is 19.9 Å². The molecule has 12 heteroatoms. The quantitative estimate of drug-likeness (QED) is 0.585. The highest BCUT2D eigenvalue weighted by Crippen LogP contribution is 2.36. The molecule has 0 bridgehead atoms. The molecule has 3 heterocycles. The van der Waals surface area contributed by atoms with E-state index < -0.39 is 35.7 Å². The Kier molecular flexibility index (Phi) is 6.12. The van der Waals surface area contributed by atoms with Gasteiger partial charge >= 0.3 is 6.09 Å². The summed E-state index contributed by atoms with van der Waals surface area (Å²) in [4.78, 5) is 63.6. The lowest BCUT2D eigenvalue weighted by molar-refractivity contribution is -0.137. The zero-order chi connectivity index (χ0) is 24.9. The van der Waals surface area contributed by atoms with Crippen LogP contribution in [0.3, 0.4) is 0 Å². The molecule has 0 aromatic heterocycles. The minimum Gasteiger partial charge on any atom is -0.446 e. The lowest BCUT2D eigenvalue weighted by Crippen LogP contribution is -2.52. The Labute approximate surface area is 205 Å². The largest absolute Gasteiger partial charge is 0.446 e. The number of halogens is 2. The number of rotatable bonds is 5. The van der Waals surface area contributed by atoms with E-state index >= 15 is 4.39 Å². The van der Waals surface area contributed by atoms with Crippen LogP contribution in [0.2, 0.25) is 5.02 Å². The Morgan fingerprint density at radius 1 is 1.20 bits per heavy atom. The van der Waals surface area contributed by atoms with Crippen molar-refractivity contribution in [1.29, 1.82) is 0 Å². The fourth-order valence-corrected chi connectivity index (χ4v) is 5.43. The van der Waals surface area contributed by atoms with Gasteiger partial charge in [-0.2, -0.15) is 0 Å². The minimum atomic E-state index is -0.887. The van der Waals surface area contributed by atoms with Crippen molar-refractivity contribution in [3.8, 4) is 0 Å². The number of carbonyl (C=O) groups is 5. The summed E-state index contributed by atoms with van der Waals surface area (Å²) in [7, 11) is 0. The number of likely N-dealkylation sites (tertiary alicyclic amines) is 1. The lowest BCUT2D eigenvalue weighted by Gasteiger charge is -2.40. The van der Waals surface area contributed by atoms with Gasteiger partial charge in [-0.15, -0.1) is 0 Å². The van der Waals surface area contributed by atoms with Crippen LogP contribution < -0.4 is 10.6 Å². The Hall–Kier alpha value is -3.21. The van der Waals surface area contributed by atoms with E-state index in [-0.39, 0.29) is 65.7 Å². The molecule has 0 radical (unpaired) electrons. The van der Waals surface area contributed by atoms with Crippen LogP contribution in [0.1, 0.15) is 60.0 Å². The first-order chi connectivity index (χ1) is 16.7. The van der Waals surface area contributed by atoms with Gasteiger partial charge in [-0.1, -0.05) is 11.6 Å². The SMILES string of the molecule is O=C1CC[C@H](N2Cc3c(Cl)cc(CNC(=O)OC4CC(N5CCCC5=O)C4)c(F)c3C2=O)C(=O)N1. The van der Waals surface area contributed by atoms with Crippen molar-refractivity contribution in [2.75, 3.05) is 6.54 Å². The maximum Gasteiger partial charge on any atom is 0.407 e. The van der Waals surface area contributed by atoms with Gasteiger partial charge in [0.2, 0.25) is 17.7 Å². The smallest absolute Gasteiger partial charge is 0.407 e. The highest BCUT2D eigenvalue weighted by atomic mass is 35.5. The number of ether oxygens (including phenoxy) is 1. The summed E-state index contributed by atoms with van der Waals surface area (Å²) in [6.07, 6.45) is 1.75. The Morgan fingerprint density at radius 3 is 2.66 bits per heavy atom. The van der Waals surface area contributed by atoms with Gasteiger partial charge in [-0.25, -0.2) is 9.18 Å². The first-order valence-corrected chi connectivity index (χ1v) is 12.0. The molecule has 10 nitrogen and oxygen atoms in total. The number of alkyl carbamates (subject to hydrolysis) is 1. The number of nitrogens with one attached hydrogen (secondary N) is 2. The molecule has 2 N–H and O–H groups in total. The van der Waals surface area contributed by atoms with Crippen molar-refractivity contribution in [2.24, 2.45) is 0 Å². The average molecular weight is 507 g/mol. The van der Waals surface area contributed by atoms with Gasteiger partial charge in [0.1, 0.15) is 18.0 Å². The lowest BCUT2D eigenvalue weighted by atomic mass is 9.88. The first-order valence-electron chi connectivity index (χ1n) is 11.6. The summed E-state index contributed by atoms with van der Waals surface area (Å²) in [5, 5.41) is 4.82. The molecule has 1 aliphatic carbocycles. The summed E-state index contributed by atoms with van der Waals surface area (Å²) in [6, 6.07) is 0.547. The maximum atomic E-state index is 15.3. The predicted molar refractivity (Wildman–Crippen MR) is 119 cm³/mol. The van der Waals surface area contributed by atoms with Gasteiger partial charge in [-0.3, -0.25) is 24.5 Å². The second kappa shape index (κ2) is 9.10. The van der Waals surface area contributed by atoms with Gasteiger partial charge in [0.25, 0.3) is 5.91 Å². The molecule has 0 spiro atoms. The van der Waals surface area contributed by atoms with Crippen LogP contribution in [0.25, 0.3) is 0 Å². The normalized spacial score (nSPS) is 25.9. The van der Waals surface area contributed by atoms with E-state index in [0.717, 1.165) is 13.0 Å². The van der Waals surface area contributed by atoms with Crippen LogP contribution in [0, 0.1) is 5.82 Å². The second-order valence-electron chi connectivity index (χ2n) is 9.28. The monoisotopic (exact) mass is 506 g/mol. The van der Waals surface area contributed by atoms with Gasteiger partial charge in [0, 0.05) is 67.5 Å². The molecule has 3 fully saturated rings. The van der Waals surface area contributed by atoms with Gasteiger partial charge in [-0.05, 0) is 18.9 Å². The average Bonchev–Trinajstić information content (AvgIpc) is 3.35. The number of fused-ring (bicyclic) bond motifs is 1. The Bertz CT molecular complexity index is 1140. The molecule has 1 aromatic carbocycles. The number of hydrogen-bond donors (Lipinski definition) is 2. The molecule has 0 unspecified atom stereocenters. The standard InChI is InChI=1S/C23H24ClFN4O6/c24-15-6-11(9-26-23(34)35-13-7-12(8-13)28-5-1-2-18(28)31)20(25)19-14(15)10-29(22(19)33)16-3-4-17(30)27-21(16)32/h6,12-13,16H,1-5,7-10H2,(H,26,34)(H,27,30,32)/t12?,13?,16-/m0/s1. The number of hydrogen-bond acceptors (Lipinski definition) is 6. The molecule has 5 amide bonds. The van der Waals surface area contributed by atoms with Crippen LogP contribution in [0.5, 0.6) is 0 Å². The molecule has 1 saturated carbocycles. The fraction of sp³-hybridized carbons (Fsp3) is 0.522. The minimum absolute atomic E-state index is 0.0123. The topological polar surface area (TPSA) is 125 Å². The molecule has 35 heavy (non-hydrogen) atoms. The molecule has 4 aliphatic rings. The molecular formula is C23H24ClFN4O6. The Balaban J connectivity index is 1.19. The number of piperidine rings is 1. The van der Waals surface area contributed by atoms with Crippen LogP contribution in [0.15, 0.2) is 6.07 Å². The van der Waals surface area contributed by atoms with Crippen molar-refractivity contribution in [3.05, 3.63) is 33.6 Å². The maximum absolute atomic E-state index is 15.3. The Morgan fingerprint density at radius 2 is 1.97 bits per heavy atom. The predicted octanol–water partition coefficient (Wildman–Crippen LogP) is 1.62. The summed E-state index contributed by atoms with van der Waals surface area (Å²) in [5.41, 5.74) is 0.0463. The zero-order valence-electron chi connectivity index (χ0n) is 18.8. The van der Waals surface area contributed by atoms with Gasteiger partial charge in [0.15, 0.2) is 0 Å². The fourth-order valence-electron chi connectivity index (χ4n) is 5.14. The van der Waals surface area contributed by atoms with E-state index in [2.05, 4.69) is 10.6 Å².